The molecular formula is C54H58Cl2F6Zr-2. The Balaban J connectivity index is 0.000000176. The first-order chi connectivity index (χ1) is 28.4. The molecule has 0 radical (unpaired) electrons. The summed E-state index contributed by atoms with van der Waals surface area (Å²) in [5.41, 5.74) is 13.0. The molecule has 0 N–H and O–H groups in total. The van der Waals surface area contributed by atoms with Gasteiger partial charge in [0.1, 0.15) is 0 Å². The molecule has 0 atom stereocenters. The second-order valence-electron chi connectivity index (χ2n) is 20.7. The van der Waals surface area contributed by atoms with Gasteiger partial charge in [0.2, 0.25) is 0 Å². The minimum Gasteiger partial charge on any atom is -1.00 e. The molecule has 10 rings (SSSR count). The van der Waals surface area contributed by atoms with E-state index in [1.54, 1.807) is 49.7 Å². The first-order valence-electron chi connectivity index (χ1n) is 21.7. The van der Waals surface area contributed by atoms with Crippen LogP contribution in [0.25, 0.3) is 11.1 Å². The summed E-state index contributed by atoms with van der Waals surface area (Å²) in [7, 11) is 0. The van der Waals surface area contributed by atoms with Gasteiger partial charge in [-0.3, -0.25) is 0 Å². The number of aryl methyl sites for hydroxylation is 2. The van der Waals surface area contributed by atoms with Crippen molar-refractivity contribution in [2.75, 3.05) is 0 Å². The molecule has 9 heteroatoms. The summed E-state index contributed by atoms with van der Waals surface area (Å²) in [6.07, 6.45) is 2.78. The average molecular weight is 983 g/mol. The number of alkyl halides is 6. The maximum atomic E-state index is 12.7. The predicted octanol–water partition coefficient (Wildman–Crippen LogP) is 9.28. The van der Waals surface area contributed by atoms with E-state index in [4.69, 9.17) is 0 Å². The van der Waals surface area contributed by atoms with Gasteiger partial charge in [-0.15, -0.1) is 11.1 Å². The summed E-state index contributed by atoms with van der Waals surface area (Å²) < 4.78 is 76.7. The van der Waals surface area contributed by atoms with Crippen LogP contribution in [0.5, 0.6) is 0 Å². The summed E-state index contributed by atoms with van der Waals surface area (Å²) in [6.45, 7) is 18.2. The first-order valence-corrected chi connectivity index (χ1v) is 23.0. The molecule has 336 valence electrons. The Bertz CT molecular complexity index is 2250. The molecule has 0 heterocycles. The standard InChI is InChI=1S/C21H25.C18H25.C15H8F6.2ClH.Zr/c1-20(2,3)16-7-9-18-14(12-16)11-15-13-17(21(4,5)6)8-10-19(15)18;1-12-3-13(2)17(4-12)11-18-8-14-5-15(9-18)7-16(6-14)10-18;16-14(17,18)12-5-1-3-10(8-12)7-11-4-2-6-13(9-11)15(19,20)21;;;/h7-10,12H,11H2,1-6H3;3-4,14-16H,5-11H2,1-2H3;1-6,8-9H;2*1H;/q2*-1;;;;+2/p-2. The second-order valence-corrected chi connectivity index (χ2v) is 21.9. The van der Waals surface area contributed by atoms with Crippen LogP contribution in [0.1, 0.15) is 141 Å². The van der Waals surface area contributed by atoms with Crippen molar-refractivity contribution in [2.45, 2.75) is 130 Å². The van der Waals surface area contributed by atoms with Crippen LogP contribution in [0.4, 0.5) is 26.3 Å². The van der Waals surface area contributed by atoms with Crippen LogP contribution in [0.2, 0.25) is 0 Å². The maximum Gasteiger partial charge on any atom is -1.00 e. The van der Waals surface area contributed by atoms with E-state index in [9.17, 15) is 26.3 Å². The van der Waals surface area contributed by atoms with Gasteiger partial charge in [0.15, 0.2) is 0 Å². The Hall–Kier alpha value is -2.86. The Morgan fingerprint density at radius 2 is 1.16 bits per heavy atom. The molecule has 5 aliphatic carbocycles. The molecule has 0 spiro atoms. The van der Waals surface area contributed by atoms with Crippen molar-refractivity contribution in [1.29, 1.82) is 0 Å². The fourth-order valence-electron chi connectivity index (χ4n) is 10.9. The van der Waals surface area contributed by atoms with E-state index < -0.39 is 23.5 Å². The third-order valence-corrected chi connectivity index (χ3v) is 14.9. The molecule has 4 saturated carbocycles. The monoisotopic (exact) mass is 980 g/mol. The summed E-state index contributed by atoms with van der Waals surface area (Å²) in [5.74, 6) is 3.27. The zero-order chi connectivity index (χ0) is 44.3. The van der Waals surface area contributed by atoms with Gasteiger partial charge >= 0.3 is 137 Å². The van der Waals surface area contributed by atoms with E-state index in [2.05, 4.69) is 104 Å². The summed E-state index contributed by atoms with van der Waals surface area (Å²) in [4.78, 5) is 0. The number of hydrogen-bond acceptors (Lipinski definition) is 0. The molecule has 0 unspecified atom stereocenters. The van der Waals surface area contributed by atoms with Crippen molar-refractivity contribution >= 4 is 3.21 Å². The van der Waals surface area contributed by atoms with E-state index >= 15 is 0 Å². The predicted molar refractivity (Wildman–Crippen MR) is 233 cm³/mol. The van der Waals surface area contributed by atoms with Crippen molar-refractivity contribution in [2.24, 2.45) is 23.2 Å². The molecule has 63 heavy (non-hydrogen) atoms. The molecule has 0 saturated heterocycles. The van der Waals surface area contributed by atoms with Crippen molar-refractivity contribution in [3.63, 3.8) is 0 Å². The van der Waals surface area contributed by atoms with Crippen LogP contribution in [0, 0.1) is 43.1 Å². The molecule has 0 aromatic heterocycles. The van der Waals surface area contributed by atoms with Gasteiger partial charge in [-0.05, 0) is 90.1 Å². The molecule has 4 fully saturated rings. The third-order valence-electron chi connectivity index (χ3n) is 13.5. The molecule has 4 bridgehead atoms. The molecule has 0 aliphatic heterocycles. The minimum absolute atomic E-state index is 0. The summed E-state index contributed by atoms with van der Waals surface area (Å²) in [6, 6.07) is 29.2. The fourth-order valence-corrected chi connectivity index (χ4v) is 11.6. The van der Waals surface area contributed by atoms with Crippen LogP contribution >= 0.6 is 0 Å². The smallest absolute Gasteiger partial charge is 1.00 e. The SMILES string of the molecule is CC(C)(C)c1[c-]c2c(cc1)-c1ccc(C(C)(C)C)cc1C2.Cc1cc(CC23CC4CC(CC(C4)C2)C3)c(C)[cH-]1.FC(F)(F)c1cccc([C](=[Zr+2])c2cccc(C(F)(F)F)c2)c1.[Cl-].[Cl-]. The quantitative estimate of drug-likeness (QED) is 0.122. The second kappa shape index (κ2) is 19.2. The Kier molecular flexibility index (Phi) is 15.6. The zero-order valence-corrected chi connectivity index (χ0v) is 41.5. The van der Waals surface area contributed by atoms with Crippen LogP contribution < -0.4 is 24.8 Å². The Morgan fingerprint density at radius 1 is 0.651 bits per heavy atom. The summed E-state index contributed by atoms with van der Waals surface area (Å²) in [5, 5.41) is 0. The minimum atomic E-state index is -4.49. The Morgan fingerprint density at radius 3 is 1.60 bits per heavy atom. The third kappa shape index (κ3) is 11.9. The van der Waals surface area contributed by atoms with Crippen LogP contribution in [0.15, 0.2) is 91.0 Å². The van der Waals surface area contributed by atoms with Crippen molar-refractivity contribution in [3.05, 3.63) is 158 Å². The number of benzene rings is 4. The van der Waals surface area contributed by atoms with Crippen LogP contribution in [-0.4, -0.2) is 3.21 Å². The maximum absolute atomic E-state index is 12.7. The molecule has 5 aliphatic rings. The first kappa shape index (κ1) is 51.1. The van der Waals surface area contributed by atoms with Gasteiger partial charge in [-0.25, -0.2) is 6.07 Å². The zero-order valence-electron chi connectivity index (χ0n) is 37.6. The largest absolute Gasteiger partial charge is 1.00 e. The van der Waals surface area contributed by atoms with Gasteiger partial charge in [0, 0.05) is 0 Å². The van der Waals surface area contributed by atoms with E-state index in [-0.39, 0.29) is 46.8 Å². The summed E-state index contributed by atoms with van der Waals surface area (Å²) >= 11 is 0.729. The topological polar surface area (TPSA) is 0 Å². The van der Waals surface area contributed by atoms with Gasteiger partial charge in [0.05, 0.1) is 0 Å². The molecule has 5 aromatic carbocycles. The van der Waals surface area contributed by atoms with Gasteiger partial charge in [-0.2, -0.15) is 46.5 Å². The number of fused-ring (bicyclic) bond motifs is 3. The molecule has 0 nitrogen and oxygen atoms in total. The van der Waals surface area contributed by atoms with Gasteiger partial charge in [-0.1, -0.05) is 85.6 Å². The van der Waals surface area contributed by atoms with Gasteiger partial charge in [0.25, 0.3) is 0 Å². The van der Waals surface area contributed by atoms with Crippen LogP contribution in [-0.2, 0) is 60.3 Å². The number of rotatable bonds is 4. The van der Waals surface area contributed by atoms with E-state index in [1.165, 1.54) is 69.6 Å². The van der Waals surface area contributed by atoms with E-state index in [0.29, 0.717) is 8.62 Å². The number of hydrogen-bond donors (Lipinski definition) is 0. The normalized spacial score (nSPS) is 20.9. The average Bonchev–Trinajstić information content (AvgIpc) is 3.69. The van der Waals surface area contributed by atoms with Crippen molar-refractivity contribution < 1.29 is 75.4 Å². The van der Waals surface area contributed by atoms with Crippen molar-refractivity contribution in [3.8, 4) is 11.1 Å². The van der Waals surface area contributed by atoms with Gasteiger partial charge < -0.3 is 24.8 Å². The van der Waals surface area contributed by atoms with E-state index in [0.717, 1.165) is 72.7 Å². The molecular weight excluding hydrogens is 925 g/mol. The number of halogens is 8. The fraction of sp³-hybridized carbons (Fsp3) is 0.444. The Labute approximate surface area is 398 Å². The van der Waals surface area contributed by atoms with Crippen molar-refractivity contribution in [1.82, 2.24) is 0 Å². The van der Waals surface area contributed by atoms with Crippen LogP contribution in [0.3, 0.4) is 0 Å². The van der Waals surface area contributed by atoms with E-state index in [1.807, 2.05) is 0 Å². The molecule has 5 aromatic rings. The molecule has 0 amide bonds.